The molecule has 0 aliphatic carbocycles. The third-order valence-corrected chi connectivity index (χ3v) is 2.02. The van der Waals surface area contributed by atoms with Gasteiger partial charge in [0.15, 0.2) is 0 Å². The summed E-state index contributed by atoms with van der Waals surface area (Å²) < 4.78 is 0. The Morgan fingerprint density at radius 3 is 3.00 bits per heavy atom. The maximum atomic E-state index is 5.44. The Morgan fingerprint density at radius 1 is 1.57 bits per heavy atom. The first kappa shape index (κ1) is 10.6. The number of rotatable bonds is 5. The van der Waals surface area contributed by atoms with Gasteiger partial charge in [0.1, 0.15) is 0 Å². The Hall–Kier alpha value is -1.44. The van der Waals surface area contributed by atoms with Gasteiger partial charge in [0.25, 0.3) is 0 Å². The van der Waals surface area contributed by atoms with Gasteiger partial charge in [-0.05, 0) is 24.5 Å². The van der Waals surface area contributed by atoms with Gasteiger partial charge in [0, 0.05) is 18.7 Å². The van der Waals surface area contributed by atoms with Crippen LogP contribution in [0.5, 0.6) is 0 Å². The normalized spacial score (nSPS) is 12.0. The van der Waals surface area contributed by atoms with Crippen LogP contribution >= 0.6 is 0 Å². The molecule has 1 aromatic rings. The minimum Gasteiger partial charge on any atom is -0.271 e. The molecule has 0 aromatic carbocycles. The highest BCUT2D eigenvalue weighted by molar-refractivity contribution is 5.10. The van der Waals surface area contributed by atoms with E-state index in [4.69, 9.17) is 12.3 Å². The van der Waals surface area contributed by atoms with Crippen molar-refractivity contribution in [1.82, 2.24) is 15.6 Å². The number of terminal acetylenes is 1. The number of hydrogen-bond donors (Lipinski definition) is 2. The minimum atomic E-state index is 0.110. The van der Waals surface area contributed by atoms with E-state index in [-0.39, 0.29) is 6.04 Å². The summed E-state index contributed by atoms with van der Waals surface area (Å²) in [4.78, 5) is 0. The van der Waals surface area contributed by atoms with Crippen molar-refractivity contribution in [3.63, 3.8) is 0 Å². The predicted octanol–water partition coefficient (Wildman–Crippen LogP) is 0.784. The molecule has 0 radical (unpaired) electrons. The van der Waals surface area contributed by atoms with Gasteiger partial charge in [0.2, 0.25) is 0 Å². The minimum absolute atomic E-state index is 0.110. The molecule has 0 saturated carbocycles. The summed E-state index contributed by atoms with van der Waals surface area (Å²) in [6.07, 6.45) is 11.2. The van der Waals surface area contributed by atoms with Crippen LogP contribution in [0.1, 0.15) is 30.9 Å². The van der Waals surface area contributed by atoms with Crippen molar-refractivity contribution in [2.24, 2.45) is 5.84 Å². The van der Waals surface area contributed by atoms with Crippen molar-refractivity contribution in [1.29, 1.82) is 0 Å². The third-order valence-electron chi connectivity index (χ3n) is 2.02. The largest absolute Gasteiger partial charge is 0.271 e. The Bertz CT molecular complexity index is 291. The molecule has 3 N–H and O–H groups in total. The summed E-state index contributed by atoms with van der Waals surface area (Å²) in [5.41, 5.74) is 3.78. The van der Waals surface area contributed by atoms with Crippen LogP contribution in [0.15, 0.2) is 18.5 Å². The average Bonchev–Trinajstić information content (AvgIpc) is 2.26. The first-order chi connectivity index (χ1) is 6.88. The molecule has 1 atom stereocenters. The molecule has 4 nitrogen and oxygen atoms in total. The molecule has 74 valence electrons. The van der Waals surface area contributed by atoms with Crippen LogP contribution in [0.2, 0.25) is 0 Å². The fraction of sp³-hybridized carbons (Fsp3) is 0.400. The summed E-state index contributed by atoms with van der Waals surface area (Å²) in [5.74, 6) is 8.04. The van der Waals surface area contributed by atoms with Crippen LogP contribution < -0.4 is 11.3 Å². The molecule has 1 unspecified atom stereocenters. The number of nitrogens with one attached hydrogen (secondary N) is 1. The van der Waals surface area contributed by atoms with Crippen molar-refractivity contribution >= 4 is 0 Å². The molecule has 0 spiro atoms. The van der Waals surface area contributed by atoms with E-state index in [2.05, 4.69) is 21.5 Å². The van der Waals surface area contributed by atoms with E-state index >= 15 is 0 Å². The number of nitrogens with zero attached hydrogens (tertiary/aromatic N) is 2. The highest BCUT2D eigenvalue weighted by atomic mass is 15.2. The Balaban J connectivity index is 2.51. The highest BCUT2D eigenvalue weighted by Crippen LogP contribution is 2.16. The zero-order chi connectivity index (χ0) is 10.2. The summed E-state index contributed by atoms with van der Waals surface area (Å²) in [6, 6.07) is 2.01. The van der Waals surface area contributed by atoms with E-state index in [0.29, 0.717) is 0 Å². The van der Waals surface area contributed by atoms with Crippen LogP contribution in [0.3, 0.4) is 0 Å². The van der Waals surface area contributed by atoms with Gasteiger partial charge >= 0.3 is 0 Å². The molecule has 0 aliphatic heterocycles. The maximum Gasteiger partial charge on any atom is 0.0544 e. The van der Waals surface area contributed by atoms with Crippen molar-refractivity contribution in [2.45, 2.75) is 25.3 Å². The van der Waals surface area contributed by atoms with Crippen molar-refractivity contribution < 1.29 is 0 Å². The summed E-state index contributed by atoms with van der Waals surface area (Å²) >= 11 is 0. The lowest BCUT2D eigenvalue weighted by Gasteiger charge is -2.14. The number of aromatic nitrogens is 2. The Kier molecular flexibility index (Phi) is 4.62. The van der Waals surface area contributed by atoms with Gasteiger partial charge in [-0.25, -0.2) is 0 Å². The van der Waals surface area contributed by atoms with Crippen molar-refractivity contribution in [3.8, 4) is 12.3 Å². The fourth-order valence-electron chi connectivity index (χ4n) is 1.26. The van der Waals surface area contributed by atoms with Gasteiger partial charge in [0.05, 0.1) is 6.20 Å². The number of hydrogen-bond acceptors (Lipinski definition) is 4. The molecule has 0 fully saturated rings. The van der Waals surface area contributed by atoms with Gasteiger partial charge in [-0.15, -0.1) is 12.3 Å². The molecule has 1 rings (SSSR count). The molecule has 0 bridgehead atoms. The van der Waals surface area contributed by atoms with E-state index < -0.39 is 0 Å². The van der Waals surface area contributed by atoms with Crippen LogP contribution in [-0.2, 0) is 0 Å². The zero-order valence-electron chi connectivity index (χ0n) is 7.98. The molecule has 0 saturated heterocycles. The SMILES string of the molecule is C#CCCCC(NN)c1ccnnc1. The molecular weight excluding hydrogens is 176 g/mol. The fourth-order valence-corrected chi connectivity index (χ4v) is 1.26. The maximum absolute atomic E-state index is 5.44. The average molecular weight is 190 g/mol. The van der Waals surface area contributed by atoms with E-state index in [9.17, 15) is 0 Å². The quantitative estimate of drug-likeness (QED) is 0.312. The van der Waals surface area contributed by atoms with E-state index in [0.717, 1.165) is 24.8 Å². The number of unbranched alkanes of at least 4 members (excludes halogenated alkanes) is 1. The van der Waals surface area contributed by atoms with Crippen LogP contribution in [0.4, 0.5) is 0 Å². The molecule has 14 heavy (non-hydrogen) atoms. The van der Waals surface area contributed by atoms with E-state index in [1.807, 2.05) is 6.07 Å². The number of hydrazine groups is 1. The second-order valence-corrected chi connectivity index (χ2v) is 2.99. The lowest BCUT2D eigenvalue weighted by atomic mass is 10.0. The lowest BCUT2D eigenvalue weighted by molar-refractivity contribution is 0.500. The predicted molar refractivity (Wildman–Crippen MR) is 54.8 cm³/mol. The second-order valence-electron chi connectivity index (χ2n) is 2.99. The number of nitrogens with two attached hydrogens (primary N) is 1. The second kappa shape index (κ2) is 6.08. The monoisotopic (exact) mass is 190 g/mol. The topological polar surface area (TPSA) is 63.8 Å². The molecule has 0 amide bonds. The molecule has 1 aromatic heterocycles. The Morgan fingerprint density at radius 2 is 2.43 bits per heavy atom. The van der Waals surface area contributed by atoms with Gasteiger partial charge in [-0.2, -0.15) is 10.2 Å². The first-order valence-electron chi connectivity index (χ1n) is 4.54. The smallest absolute Gasteiger partial charge is 0.0544 e. The molecular formula is C10H14N4. The van der Waals surface area contributed by atoms with Crippen LogP contribution in [0, 0.1) is 12.3 Å². The highest BCUT2D eigenvalue weighted by Gasteiger charge is 2.08. The van der Waals surface area contributed by atoms with Crippen molar-refractivity contribution in [3.05, 3.63) is 24.0 Å². The first-order valence-corrected chi connectivity index (χ1v) is 4.54. The summed E-state index contributed by atoms with van der Waals surface area (Å²) in [6.45, 7) is 0. The van der Waals surface area contributed by atoms with Gasteiger partial charge in [-0.3, -0.25) is 11.3 Å². The lowest BCUT2D eigenvalue weighted by Crippen LogP contribution is -2.28. The molecule has 4 heteroatoms. The summed E-state index contributed by atoms with van der Waals surface area (Å²) in [5, 5.41) is 7.50. The van der Waals surface area contributed by atoms with Crippen LogP contribution in [-0.4, -0.2) is 10.2 Å². The molecule has 0 aliphatic rings. The van der Waals surface area contributed by atoms with E-state index in [1.165, 1.54) is 0 Å². The van der Waals surface area contributed by atoms with E-state index in [1.54, 1.807) is 12.4 Å². The standard InChI is InChI=1S/C10H14N4/c1-2-3-4-5-10(14-11)9-6-7-12-13-8-9/h1,6-8,10,14H,3-5,11H2. The summed E-state index contributed by atoms with van der Waals surface area (Å²) in [7, 11) is 0. The molecule has 1 heterocycles. The van der Waals surface area contributed by atoms with Crippen molar-refractivity contribution in [2.75, 3.05) is 0 Å². The third kappa shape index (κ3) is 3.13. The van der Waals surface area contributed by atoms with Crippen LogP contribution in [0.25, 0.3) is 0 Å². The van der Waals surface area contributed by atoms with Gasteiger partial charge < -0.3 is 0 Å². The zero-order valence-corrected chi connectivity index (χ0v) is 7.98. The Labute approximate surface area is 83.9 Å². The van der Waals surface area contributed by atoms with Gasteiger partial charge in [-0.1, -0.05) is 0 Å².